The minimum absolute atomic E-state index is 0.0897. The van der Waals surface area contributed by atoms with Crippen LogP contribution < -0.4 is 25.4 Å². The van der Waals surface area contributed by atoms with Gasteiger partial charge in [-0.05, 0) is 65.5 Å². The van der Waals surface area contributed by atoms with E-state index < -0.39 is 47.2 Å². The predicted octanol–water partition coefficient (Wildman–Crippen LogP) is 5.68. The summed E-state index contributed by atoms with van der Waals surface area (Å²) in [5.74, 6) is -0.336. The minimum Gasteiger partial charge on any atom is -0.497 e. The number of pyridine rings is 1. The monoisotopic (exact) mass is 725 g/mol. The first kappa shape index (κ1) is 37.6. The third kappa shape index (κ3) is 8.75. The largest absolute Gasteiger partial charge is 0.497 e. The normalized spacial score (nSPS) is 24.9. The summed E-state index contributed by atoms with van der Waals surface area (Å²) < 4.78 is 17.7. The Labute approximate surface area is 311 Å². The highest BCUT2D eigenvalue weighted by Gasteiger charge is 2.62. The van der Waals surface area contributed by atoms with Gasteiger partial charge in [0.15, 0.2) is 0 Å². The lowest BCUT2D eigenvalue weighted by molar-refractivity contribution is -0.150. The van der Waals surface area contributed by atoms with Crippen LogP contribution in [0.3, 0.4) is 0 Å². The van der Waals surface area contributed by atoms with Gasteiger partial charge in [-0.2, -0.15) is 0 Å². The van der Waals surface area contributed by atoms with Crippen LogP contribution in [0.5, 0.6) is 11.5 Å². The van der Waals surface area contributed by atoms with Crippen LogP contribution in [0, 0.1) is 5.92 Å². The lowest BCUT2D eigenvalue weighted by Crippen LogP contribution is -2.58. The van der Waals surface area contributed by atoms with Crippen LogP contribution in [-0.4, -0.2) is 83.2 Å². The molecule has 0 spiro atoms. The number of carbonyl (C=O) groups is 4. The Bertz CT molecular complexity index is 1860. The van der Waals surface area contributed by atoms with Crippen molar-refractivity contribution in [2.45, 2.75) is 102 Å². The lowest BCUT2D eigenvalue weighted by atomic mass is 10.0. The van der Waals surface area contributed by atoms with Gasteiger partial charge in [0.25, 0.3) is 0 Å². The van der Waals surface area contributed by atoms with Crippen LogP contribution in [0.2, 0.25) is 0 Å². The zero-order valence-corrected chi connectivity index (χ0v) is 31.3. The van der Waals surface area contributed by atoms with E-state index in [0.717, 1.165) is 30.2 Å². The average Bonchev–Trinajstić information content (AvgIpc) is 3.66. The van der Waals surface area contributed by atoms with Gasteiger partial charge >= 0.3 is 12.0 Å². The number of ether oxygens (including phenoxy) is 3. The molecule has 12 nitrogen and oxygen atoms in total. The molecule has 4 amide bonds. The van der Waals surface area contributed by atoms with Crippen molar-refractivity contribution in [3.05, 3.63) is 66.7 Å². The molecule has 2 aromatic carbocycles. The van der Waals surface area contributed by atoms with E-state index in [2.05, 4.69) is 22.0 Å². The molecule has 12 heteroatoms. The first-order valence-corrected chi connectivity index (χ1v) is 18.7. The Kier molecular flexibility index (Phi) is 11.3. The Morgan fingerprint density at radius 1 is 1.06 bits per heavy atom. The number of nitrogens with zero attached hydrogens (tertiary/aromatic N) is 2. The highest BCUT2D eigenvalue weighted by molar-refractivity contribution is 5.97. The highest BCUT2D eigenvalue weighted by atomic mass is 16.5. The number of hydrogen-bond donors (Lipinski definition) is 3. The number of esters is 1. The van der Waals surface area contributed by atoms with Crippen molar-refractivity contribution in [2.75, 3.05) is 20.3 Å². The fourth-order valence-electron chi connectivity index (χ4n) is 7.27. The summed E-state index contributed by atoms with van der Waals surface area (Å²) in [4.78, 5) is 61.8. The number of methoxy groups -OCH3 is 1. The highest BCUT2D eigenvalue weighted by Crippen LogP contribution is 2.46. The lowest BCUT2D eigenvalue weighted by Gasteiger charge is -2.30. The molecule has 1 saturated carbocycles. The van der Waals surface area contributed by atoms with Gasteiger partial charge in [-0.3, -0.25) is 9.59 Å². The number of urea groups is 1. The Morgan fingerprint density at radius 3 is 2.58 bits per heavy atom. The molecule has 6 rings (SSSR count). The van der Waals surface area contributed by atoms with Crippen LogP contribution in [0.15, 0.2) is 66.7 Å². The Balaban J connectivity index is 1.35. The van der Waals surface area contributed by atoms with Crippen molar-refractivity contribution in [3.8, 4) is 22.8 Å². The van der Waals surface area contributed by atoms with E-state index in [1.807, 2.05) is 81.4 Å². The second-order valence-electron chi connectivity index (χ2n) is 15.2. The Hall–Kier alpha value is -5.13. The Morgan fingerprint density at radius 2 is 1.85 bits per heavy atom. The van der Waals surface area contributed by atoms with Gasteiger partial charge in [0.05, 0.1) is 31.5 Å². The quantitative estimate of drug-likeness (QED) is 0.208. The number of hydrogen-bond acceptors (Lipinski definition) is 8. The van der Waals surface area contributed by atoms with Gasteiger partial charge < -0.3 is 35.1 Å². The second-order valence-corrected chi connectivity index (χ2v) is 15.2. The van der Waals surface area contributed by atoms with E-state index in [4.69, 9.17) is 19.2 Å². The van der Waals surface area contributed by atoms with Crippen LogP contribution in [-0.2, 0) is 19.1 Å². The molecule has 3 aromatic rings. The van der Waals surface area contributed by atoms with Gasteiger partial charge in [0.2, 0.25) is 11.8 Å². The molecule has 1 unspecified atom stereocenters. The first-order valence-electron chi connectivity index (χ1n) is 18.7. The number of fused-ring (bicyclic) bond motifs is 3. The molecular weight excluding hydrogens is 674 g/mol. The molecule has 3 N–H and O–H groups in total. The number of nitrogens with one attached hydrogen (secondary N) is 3. The average molecular weight is 726 g/mol. The van der Waals surface area contributed by atoms with E-state index in [9.17, 15) is 19.2 Å². The van der Waals surface area contributed by atoms with E-state index in [1.54, 1.807) is 14.0 Å². The van der Waals surface area contributed by atoms with E-state index in [1.165, 1.54) is 4.90 Å². The molecule has 3 heterocycles. The topological polar surface area (TPSA) is 148 Å². The summed E-state index contributed by atoms with van der Waals surface area (Å²) in [6, 6.07) is 14.9. The third-order valence-corrected chi connectivity index (χ3v) is 10.0. The minimum atomic E-state index is -1.20. The van der Waals surface area contributed by atoms with E-state index in [-0.39, 0.29) is 31.4 Å². The molecule has 1 saturated heterocycles. The standard InChI is InChI=1S/C41H51N5O7/c1-6-52-38(49)41-24-27(41)17-13-8-7-9-14-18-31(43-39(50)45-40(2,3)4)37(48)46-25-29(22-34(46)36(47)44-41)53-35-23-32(26-15-11-10-12-16-26)42-33-21-28(51-5)19-20-30(33)35/h10-13,15-17,19-21,23,27,29,31,34H,6-9,14,18,22,24-25H2,1-5H3,(H,44,47)(H2,43,45,50)/t27?,29-,31+,34+,41-/m1/s1. The second kappa shape index (κ2) is 15.9. The smallest absolute Gasteiger partial charge is 0.332 e. The summed E-state index contributed by atoms with van der Waals surface area (Å²) in [6.07, 6.45) is 7.68. The van der Waals surface area contributed by atoms with Crippen LogP contribution >= 0.6 is 0 Å². The van der Waals surface area contributed by atoms with Crippen LogP contribution in [0.25, 0.3) is 22.2 Å². The van der Waals surface area contributed by atoms with Crippen molar-refractivity contribution >= 4 is 34.7 Å². The van der Waals surface area contributed by atoms with Gasteiger partial charge in [0.1, 0.15) is 35.2 Å². The van der Waals surface area contributed by atoms with Gasteiger partial charge in [-0.25, -0.2) is 14.6 Å². The van der Waals surface area contributed by atoms with Gasteiger partial charge in [-0.15, -0.1) is 0 Å². The zero-order chi connectivity index (χ0) is 37.8. The fraction of sp³-hybridized carbons (Fsp3) is 0.488. The zero-order valence-electron chi connectivity index (χ0n) is 31.3. The predicted molar refractivity (Wildman–Crippen MR) is 201 cm³/mol. The van der Waals surface area contributed by atoms with Crippen molar-refractivity contribution in [3.63, 3.8) is 0 Å². The molecule has 5 atom stereocenters. The summed E-state index contributed by atoms with van der Waals surface area (Å²) >= 11 is 0. The molecule has 53 heavy (non-hydrogen) atoms. The third-order valence-electron chi connectivity index (χ3n) is 10.0. The van der Waals surface area contributed by atoms with Gasteiger partial charge in [0, 0.05) is 41.0 Å². The fourth-order valence-corrected chi connectivity index (χ4v) is 7.27. The van der Waals surface area contributed by atoms with Crippen molar-refractivity contribution in [1.82, 2.24) is 25.8 Å². The van der Waals surface area contributed by atoms with Crippen molar-refractivity contribution in [2.24, 2.45) is 5.92 Å². The summed E-state index contributed by atoms with van der Waals surface area (Å²) in [5.41, 5.74) is 0.538. The number of rotatable bonds is 7. The van der Waals surface area contributed by atoms with Gasteiger partial charge in [-0.1, -0.05) is 55.3 Å². The maximum Gasteiger partial charge on any atom is 0.332 e. The maximum absolute atomic E-state index is 14.6. The number of amides is 4. The molecule has 3 aliphatic rings. The molecule has 2 fully saturated rings. The first-order chi connectivity index (χ1) is 25.4. The molecule has 0 bridgehead atoms. The van der Waals surface area contributed by atoms with Crippen molar-refractivity contribution < 1.29 is 33.4 Å². The molecule has 1 aliphatic carbocycles. The van der Waals surface area contributed by atoms with E-state index in [0.29, 0.717) is 42.0 Å². The molecule has 0 radical (unpaired) electrons. The van der Waals surface area contributed by atoms with Crippen LogP contribution in [0.4, 0.5) is 4.79 Å². The maximum atomic E-state index is 14.6. The SMILES string of the molecule is CCOC(=O)[C@@]12CC1C=CCCCCC[C@H](NC(=O)NC(C)(C)C)C(=O)N1C[C@H](Oc3cc(-c4ccccc4)nc4cc(OC)ccc34)C[C@H]1C(=O)N2. The summed E-state index contributed by atoms with van der Waals surface area (Å²) in [5, 5.41) is 9.57. The number of allylic oxidation sites excluding steroid dienone is 1. The summed E-state index contributed by atoms with van der Waals surface area (Å²) in [7, 11) is 1.60. The molecular formula is C41H51N5O7. The number of carbonyl (C=O) groups excluding carboxylic acids is 4. The molecule has 2 aliphatic heterocycles. The molecule has 1 aromatic heterocycles. The van der Waals surface area contributed by atoms with E-state index >= 15 is 0 Å². The molecule has 282 valence electrons. The number of benzene rings is 2. The number of aromatic nitrogens is 1. The van der Waals surface area contributed by atoms with Crippen molar-refractivity contribution in [1.29, 1.82) is 0 Å². The summed E-state index contributed by atoms with van der Waals surface area (Å²) in [6.45, 7) is 7.61. The van der Waals surface area contributed by atoms with Crippen LogP contribution in [0.1, 0.15) is 72.6 Å².